The normalized spacial score (nSPS) is 18.3. The molecule has 5 aromatic rings. The van der Waals surface area contributed by atoms with E-state index in [2.05, 4.69) is 79.4 Å². The average Bonchev–Trinajstić information content (AvgIpc) is 3.37. The monoisotopic (exact) mass is 963 g/mol. The second-order valence-electron chi connectivity index (χ2n) is 20.5. The lowest BCUT2D eigenvalue weighted by Gasteiger charge is -2.42. The van der Waals surface area contributed by atoms with Gasteiger partial charge in [-0.15, -0.1) is 0 Å². The van der Waals surface area contributed by atoms with Crippen molar-refractivity contribution < 1.29 is 28.6 Å². The van der Waals surface area contributed by atoms with Crippen LogP contribution in [0.4, 0.5) is 44.0 Å². The summed E-state index contributed by atoms with van der Waals surface area (Å²) >= 11 is 0. The molecule has 4 amide bonds. The number of benzene rings is 3. The Hall–Kier alpha value is -6.94. The summed E-state index contributed by atoms with van der Waals surface area (Å²) in [6, 6.07) is 23.0. The molecular weight excluding hydrogens is 897 g/mol. The van der Waals surface area contributed by atoms with E-state index in [0.717, 1.165) is 116 Å². The number of methoxy groups -OCH3 is 1. The first kappa shape index (κ1) is 47.7. The molecule has 16 nitrogen and oxygen atoms in total. The Morgan fingerprint density at radius 3 is 2.30 bits per heavy atom. The number of anilines is 6. The van der Waals surface area contributed by atoms with Crippen LogP contribution in [0.5, 0.6) is 11.6 Å². The molecule has 5 aliphatic heterocycles. The lowest BCUT2D eigenvalue weighted by molar-refractivity contribution is -0.129. The van der Waals surface area contributed by atoms with Crippen molar-refractivity contribution in [1.29, 1.82) is 0 Å². The van der Waals surface area contributed by atoms with Crippen LogP contribution in [-0.2, 0) is 29.0 Å². The molecule has 3 fully saturated rings. The Kier molecular flexibility index (Phi) is 13.5. The van der Waals surface area contributed by atoms with Crippen LogP contribution in [0.15, 0.2) is 79.1 Å². The van der Waals surface area contributed by atoms with E-state index in [0.29, 0.717) is 62.1 Å². The molecule has 0 saturated carbocycles. The van der Waals surface area contributed by atoms with Crippen molar-refractivity contribution in [3.8, 4) is 11.6 Å². The zero-order valence-corrected chi connectivity index (χ0v) is 41.9. The minimum atomic E-state index is -0.618. The SMILES string of the molecule is COc1ccc(CN2C(=O)CCN(c3ccc(N4CCC(N5CCC(c6ccc(Nc7ncc8c(n7)CN(c7cnc9c(c7C)N(C(=O)OC(C)(C)C)CCO9)CC8)cc6)CC5)CC4)cc3C)C2=O)cc1. The number of nitrogens with zero attached hydrogens (tertiary/aromatic N) is 9. The highest BCUT2D eigenvalue weighted by Gasteiger charge is 2.36. The molecule has 0 radical (unpaired) electrons. The summed E-state index contributed by atoms with van der Waals surface area (Å²) in [6.45, 7) is 16.6. The molecule has 0 aliphatic carbocycles. The van der Waals surface area contributed by atoms with Gasteiger partial charge >= 0.3 is 12.1 Å². The summed E-state index contributed by atoms with van der Waals surface area (Å²) in [7, 11) is 1.62. The van der Waals surface area contributed by atoms with Gasteiger partial charge in [-0.05, 0) is 150 Å². The molecule has 5 aliphatic rings. The molecule has 372 valence electrons. The van der Waals surface area contributed by atoms with E-state index in [1.54, 1.807) is 16.9 Å². The molecule has 71 heavy (non-hydrogen) atoms. The van der Waals surface area contributed by atoms with Crippen LogP contribution in [-0.4, -0.2) is 114 Å². The second-order valence-corrected chi connectivity index (χ2v) is 20.5. The number of likely N-dealkylation sites (tertiary alicyclic amines) is 1. The Morgan fingerprint density at radius 2 is 1.58 bits per heavy atom. The van der Waals surface area contributed by atoms with E-state index in [4.69, 9.17) is 19.2 Å². The van der Waals surface area contributed by atoms with Gasteiger partial charge in [0.05, 0.1) is 44.3 Å². The quantitative estimate of drug-likeness (QED) is 0.142. The van der Waals surface area contributed by atoms with Gasteiger partial charge in [0.2, 0.25) is 17.7 Å². The molecule has 0 spiro atoms. The van der Waals surface area contributed by atoms with Crippen molar-refractivity contribution >= 4 is 52.4 Å². The minimum absolute atomic E-state index is 0.149. The fraction of sp³-hybridized carbons (Fsp3) is 0.455. The Labute approximate surface area is 416 Å². The number of urea groups is 1. The second kappa shape index (κ2) is 20.1. The number of hydrogen-bond donors (Lipinski definition) is 1. The molecule has 2 aromatic heterocycles. The van der Waals surface area contributed by atoms with Crippen LogP contribution in [0.1, 0.15) is 92.3 Å². The molecular formula is C55H66N10O6. The highest BCUT2D eigenvalue weighted by Crippen LogP contribution is 2.40. The molecule has 0 unspecified atom stereocenters. The lowest BCUT2D eigenvalue weighted by atomic mass is 9.88. The Bertz CT molecular complexity index is 2760. The molecule has 1 N–H and O–H groups in total. The van der Waals surface area contributed by atoms with Crippen LogP contribution < -0.4 is 34.4 Å². The number of aryl methyl sites for hydroxylation is 1. The van der Waals surface area contributed by atoms with Crippen molar-refractivity contribution in [2.75, 3.05) is 84.4 Å². The average molecular weight is 963 g/mol. The maximum absolute atomic E-state index is 13.7. The fourth-order valence-corrected chi connectivity index (χ4v) is 10.9. The summed E-state index contributed by atoms with van der Waals surface area (Å²) in [5, 5.41) is 3.46. The number of nitrogens with one attached hydrogen (secondary N) is 1. The third kappa shape index (κ3) is 10.3. The van der Waals surface area contributed by atoms with Gasteiger partial charge in [0.15, 0.2) is 0 Å². The van der Waals surface area contributed by atoms with E-state index in [1.165, 1.54) is 16.2 Å². The number of carbonyl (C=O) groups excluding carboxylic acids is 3. The summed E-state index contributed by atoms with van der Waals surface area (Å²) in [5.41, 5.74) is 10.3. The van der Waals surface area contributed by atoms with Gasteiger partial charge in [-0.1, -0.05) is 24.3 Å². The number of rotatable bonds is 10. The van der Waals surface area contributed by atoms with Gasteiger partial charge < -0.3 is 34.2 Å². The maximum atomic E-state index is 13.7. The van der Waals surface area contributed by atoms with Crippen LogP contribution >= 0.6 is 0 Å². The highest BCUT2D eigenvalue weighted by atomic mass is 16.6. The van der Waals surface area contributed by atoms with Gasteiger partial charge in [0, 0.05) is 67.5 Å². The number of hydrogen-bond acceptors (Lipinski definition) is 13. The number of aromatic nitrogens is 3. The molecule has 16 heteroatoms. The predicted molar refractivity (Wildman–Crippen MR) is 275 cm³/mol. The van der Waals surface area contributed by atoms with E-state index in [1.807, 2.05) is 64.4 Å². The number of carbonyl (C=O) groups is 3. The number of pyridine rings is 1. The molecule has 3 saturated heterocycles. The maximum Gasteiger partial charge on any atom is 0.415 e. The summed E-state index contributed by atoms with van der Waals surface area (Å²) in [5.74, 6) is 2.12. The van der Waals surface area contributed by atoms with Crippen LogP contribution in [0.25, 0.3) is 0 Å². The van der Waals surface area contributed by atoms with Crippen LogP contribution in [0, 0.1) is 13.8 Å². The molecule has 3 aromatic carbocycles. The largest absolute Gasteiger partial charge is 0.497 e. The molecule has 0 atom stereocenters. The first-order chi connectivity index (χ1) is 34.3. The van der Waals surface area contributed by atoms with Gasteiger partial charge in [-0.2, -0.15) is 0 Å². The van der Waals surface area contributed by atoms with Gasteiger partial charge in [0.1, 0.15) is 23.6 Å². The predicted octanol–water partition coefficient (Wildman–Crippen LogP) is 9.14. The van der Waals surface area contributed by atoms with Crippen molar-refractivity contribution in [3.05, 3.63) is 113 Å². The van der Waals surface area contributed by atoms with Gasteiger partial charge in [-0.25, -0.2) is 24.5 Å². The summed E-state index contributed by atoms with van der Waals surface area (Å²) in [4.78, 5) is 66.3. The molecule has 10 rings (SSSR count). The van der Waals surface area contributed by atoms with E-state index in [-0.39, 0.29) is 18.5 Å². The lowest BCUT2D eigenvalue weighted by Crippen LogP contribution is -2.52. The number of imide groups is 1. The van der Waals surface area contributed by atoms with Crippen molar-refractivity contribution in [2.45, 2.75) is 104 Å². The molecule has 0 bridgehead atoms. The van der Waals surface area contributed by atoms with Crippen LogP contribution in [0.3, 0.4) is 0 Å². The smallest absolute Gasteiger partial charge is 0.415 e. The zero-order valence-electron chi connectivity index (χ0n) is 41.9. The van der Waals surface area contributed by atoms with Crippen LogP contribution in [0.2, 0.25) is 0 Å². The number of piperidine rings is 2. The van der Waals surface area contributed by atoms with Crippen molar-refractivity contribution in [1.82, 2.24) is 24.8 Å². The van der Waals surface area contributed by atoms with Crippen molar-refractivity contribution in [3.63, 3.8) is 0 Å². The Balaban J connectivity index is 0.699. The minimum Gasteiger partial charge on any atom is -0.497 e. The van der Waals surface area contributed by atoms with Gasteiger partial charge in [-0.3, -0.25) is 19.5 Å². The topological polar surface area (TPSA) is 149 Å². The molecule has 7 heterocycles. The third-order valence-corrected chi connectivity index (χ3v) is 14.8. The zero-order chi connectivity index (χ0) is 49.4. The van der Waals surface area contributed by atoms with E-state index >= 15 is 0 Å². The number of amides is 4. The van der Waals surface area contributed by atoms with E-state index < -0.39 is 11.7 Å². The summed E-state index contributed by atoms with van der Waals surface area (Å²) < 4.78 is 16.9. The first-order valence-corrected chi connectivity index (χ1v) is 25.2. The Morgan fingerprint density at radius 1 is 0.817 bits per heavy atom. The first-order valence-electron chi connectivity index (χ1n) is 25.2. The highest BCUT2D eigenvalue weighted by molar-refractivity contribution is 6.06. The number of fused-ring (bicyclic) bond motifs is 2. The summed E-state index contributed by atoms with van der Waals surface area (Å²) in [6.07, 6.45) is 8.98. The standard InChI is InChI=1S/C55H66N10O6/c1-36-31-44(13-16-47(36)63-28-22-49(66)65(53(63)67)34-38-7-14-45(69-6)15-8-38)61-26-20-43(21-27-61)60-23-17-40(18-24-60)39-9-11-42(12-10-39)58-52-57-32-41-19-25-62(35-46(41)59-52)48-33-56-51-50(37(48)2)64(29-30-70-51)54(68)71-55(3,4)5/h7-16,31-33,40,43H,17-30,34-35H2,1-6H3,(H,57,58,59). The van der Waals surface area contributed by atoms with Gasteiger partial charge in [0.25, 0.3) is 0 Å². The third-order valence-electron chi connectivity index (χ3n) is 14.8. The van der Waals surface area contributed by atoms with Crippen molar-refractivity contribution in [2.24, 2.45) is 0 Å². The fourth-order valence-electron chi connectivity index (χ4n) is 10.9. The number of ether oxygens (including phenoxy) is 3. The van der Waals surface area contributed by atoms with E-state index in [9.17, 15) is 14.4 Å².